The molecule has 0 unspecified atom stereocenters. The SMILES string of the molecule is c1ccc(-c2ccc(N(c3ccc4oc5ccccc5c4c3)c3cccc4oc5cc6ccccc6cc5c34)cc2-c2ccccc2)cc1. The highest BCUT2D eigenvalue weighted by Gasteiger charge is 2.22. The summed E-state index contributed by atoms with van der Waals surface area (Å²) in [5.41, 5.74) is 11.3. The van der Waals surface area contributed by atoms with Crippen molar-refractivity contribution in [2.45, 2.75) is 0 Å². The van der Waals surface area contributed by atoms with Crippen LogP contribution in [0.25, 0.3) is 76.9 Å². The maximum absolute atomic E-state index is 6.57. The van der Waals surface area contributed by atoms with E-state index in [1.54, 1.807) is 0 Å². The van der Waals surface area contributed by atoms with Gasteiger partial charge in [-0.05, 0) is 93.7 Å². The quantitative estimate of drug-likeness (QED) is 0.190. The molecule has 0 aliphatic carbocycles. The van der Waals surface area contributed by atoms with Gasteiger partial charge in [0.05, 0.1) is 11.1 Å². The van der Waals surface area contributed by atoms with E-state index in [0.717, 1.165) is 71.9 Å². The third-order valence-corrected chi connectivity index (χ3v) is 9.63. The topological polar surface area (TPSA) is 29.5 Å². The van der Waals surface area contributed by atoms with Gasteiger partial charge >= 0.3 is 0 Å². The molecule has 0 aliphatic heterocycles. The first kappa shape index (κ1) is 27.5. The second kappa shape index (κ2) is 11.0. The Bertz CT molecular complexity index is 2830. The number of hydrogen-bond acceptors (Lipinski definition) is 3. The summed E-state index contributed by atoms with van der Waals surface area (Å²) >= 11 is 0. The van der Waals surface area contributed by atoms with Gasteiger partial charge in [0.1, 0.15) is 22.3 Å². The first-order valence-electron chi connectivity index (χ1n) is 16.6. The van der Waals surface area contributed by atoms with Crippen molar-refractivity contribution in [3.8, 4) is 22.3 Å². The van der Waals surface area contributed by atoms with Crippen LogP contribution in [0.3, 0.4) is 0 Å². The molecule has 2 aromatic heterocycles. The fourth-order valence-electron chi connectivity index (χ4n) is 7.36. The lowest BCUT2D eigenvalue weighted by atomic mass is 9.93. The molecule has 0 N–H and O–H groups in total. The zero-order valence-electron chi connectivity index (χ0n) is 26.5. The van der Waals surface area contributed by atoms with Gasteiger partial charge < -0.3 is 13.7 Å². The van der Waals surface area contributed by atoms with Crippen LogP contribution in [0.5, 0.6) is 0 Å². The Morgan fingerprint density at radius 2 is 0.959 bits per heavy atom. The molecule has 0 fully saturated rings. The van der Waals surface area contributed by atoms with Crippen molar-refractivity contribution in [1.82, 2.24) is 0 Å². The zero-order valence-corrected chi connectivity index (χ0v) is 26.5. The van der Waals surface area contributed by atoms with Crippen molar-refractivity contribution >= 4 is 71.7 Å². The van der Waals surface area contributed by atoms with Crippen LogP contribution in [0, 0.1) is 0 Å². The summed E-state index contributed by atoms with van der Waals surface area (Å²) in [6, 6.07) is 62.1. The molecule has 8 aromatic carbocycles. The fourth-order valence-corrected chi connectivity index (χ4v) is 7.36. The normalized spacial score (nSPS) is 11.7. The Kier molecular flexibility index (Phi) is 6.18. The first-order chi connectivity index (χ1) is 24.3. The van der Waals surface area contributed by atoms with Crippen LogP contribution < -0.4 is 4.90 Å². The minimum absolute atomic E-state index is 0.854. The van der Waals surface area contributed by atoms with Crippen molar-refractivity contribution in [2.75, 3.05) is 4.90 Å². The van der Waals surface area contributed by atoms with Gasteiger partial charge in [-0.1, -0.05) is 115 Å². The minimum Gasteiger partial charge on any atom is -0.456 e. The van der Waals surface area contributed by atoms with Crippen LogP contribution >= 0.6 is 0 Å². The fraction of sp³-hybridized carbons (Fsp3) is 0. The molecule has 0 bridgehead atoms. The van der Waals surface area contributed by atoms with Gasteiger partial charge in [0, 0.05) is 27.5 Å². The lowest BCUT2D eigenvalue weighted by molar-refractivity contribution is 0.668. The van der Waals surface area contributed by atoms with Crippen LogP contribution in [-0.4, -0.2) is 0 Å². The van der Waals surface area contributed by atoms with Crippen LogP contribution in [-0.2, 0) is 0 Å². The van der Waals surface area contributed by atoms with Crippen LogP contribution in [0.1, 0.15) is 0 Å². The van der Waals surface area contributed by atoms with Crippen molar-refractivity contribution in [3.05, 3.63) is 176 Å². The highest BCUT2D eigenvalue weighted by molar-refractivity contribution is 6.17. The summed E-state index contributed by atoms with van der Waals surface area (Å²) in [6.07, 6.45) is 0. The Morgan fingerprint density at radius 3 is 1.78 bits per heavy atom. The van der Waals surface area contributed by atoms with E-state index in [2.05, 4.69) is 169 Å². The zero-order chi connectivity index (χ0) is 32.3. The number of benzene rings is 8. The third kappa shape index (κ3) is 4.51. The van der Waals surface area contributed by atoms with Crippen LogP contribution in [0.4, 0.5) is 17.1 Å². The van der Waals surface area contributed by atoms with Gasteiger partial charge in [-0.15, -0.1) is 0 Å². The predicted octanol–water partition coefficient (Wildman–Crippen LogP) is 13.4. The lowest BCUT2D eigenvalue weighted by Gasteiger charge is -2.27. The van der Waals surface area contributed by atoms with Gasteiger partial charge in [0.15, 0.2) is 0 Å². The average molecular weight is 628 g/mol. The van der Waals surface area contributed by atoms with E-state index >= 15 is 0 Å². The summed E-state index contributed by atoms with van der Waals surface area (Å²) in [7, 11) is 0. The van der Waals surface area contributed by atoms with Crippen molar-refractivity contribution in [1.29, 1.82) is 0 Å². The number of furan rings is 2. The average Bonchev–Trinajstić information content (AvgIpc) is 3.72. The number of para-hydroxylation sites is 1. The highest BCUT2D eigenvalue weighted by Crippen LogP contribution is 2.46. The van der Waals surface area contributed by atoms with E-state index < -0.39 is 0 Å². The molecule has 0 aliphatic rings. The molecular formula is C46H29NO2. The van der Waals surface area contributed by atoms with E-state index in [1.807, 2.05) is 12.1 Å². The van der Waals surface area contributed by atoms with E-state index in [4.69, 9.17) is 8.83 Å². The summed E-state index contributed by atoms with van der Waals surface area (Å²) in [4.78, 5) is 2.37. The molecule has 0 amide bonds. The summed E-state index contributed by atoms with van der Waals surface area (Å²) in [6.45, 7) is 0. The minimum atomic E-state index is 0.854. The van der Waals surface area contributed by atoms with Crippen molar-refractivity contribution in [2.24, 2.45) is 0 Å². The van der Waals surface area contributed by atoms with E-state index in [-0.39, 0.29) is 0 Å². The first-order valence-corrected chi connectivity index (χ1v) is 16.6. The maximum atomic E-state index is 6.57. The Hall–Kier alpha value is -6.58. The van der Waals surface area contributed by atoms with Gasteiger partial charge in [-0.3, -0.25) is 0 Å². The van der Waals surface area contributed by atoms with E-state index in [9.17, 15) is 0 Å². The predicted molar refractivity (Wildman–Crippen MR) is 204 cm³/mol. The number of nitrogens with zero attached hydrogens (tertiary/aromatic N) is 1. The maximum Gasteiger partial charge on any atom is 0.137 e. The Morgan fingerprint density at radius 1 is 0.347 bits per heavy atom. The Balaban J connectivity index is 1.28. The molecule has 0 atom stereocenters. The van der Waals surface area contributed by atoms with E-state index in [0.29, 0.717) is 0 Å². The summed E-state index contributed by atoms with van der Waals surface area (Å²) in [5.74, 6) is 0. The Labute approximate surface area is 282 Å². The number of fused-ring (bicyclic) bond motifs is 7. The smallest absolute Gasteiger partial charge is 0.137 e. The number of anilines is 3. The molecule has 10 aromatic rings. The van der Waals surface area contributed by atoms with Gasteiger partial charge in [-0.2, -0.15) is 0 Å². The highest BCUT2D eigenvalue weighted by atomic mass is 16.3. The molecule has 0 spiro atoms. The molecular weight excluding hydrogens is 599 g/mol. The molecule has 3 heteroatoms. The number of rotatable bonds is 5. The lowest BCUT2D eigenvalue weighted by Crippen LogP contribution is -2.10. The second-order valence-electron chi connectivity index (χ2n) is 12.5. The largest absolute Gasteiger partial charge is 0.456 e. The molecule has 0 radical (unpaired) electrons. The van der Waals surface area contributed by atoms with Gasteiger partial charge in [0.25, 0.3) is 0 Å². The van der Waals surface area contributed by atoms with Crippen LogP contribution in [0.15, 0.2) is 185 Å². The third-order valence-electron chi connectivity index (χ3n) is 9.63. The van der Waals surface area contributed by atoms with Gasteiger partial charge in [0.2, 0.25) is 0 Å². The standard InChI is InChI=1S/C46H29NO2/c1-3-12-30(13-4-1)36-24-22-34(28-38(36)31-14-5-2-6-15-31)47(35-23-25-43-39(29-35)37-18-9-10-20-42(37)48-43)41-19-11-21-44-46(41)40-26-32-16-7-8-17-33(32)27-45(40)49-44/h1-29H. The molecule has 2 heterocycles. The monoisotopic (exact) mass is 627 g/mol. The second-order valence-corrected chi connectivity index (χ2v) is 12.5. The molecule has 3 nitrogen and oxygen atoms in total. The van der Waals surface area contributed by atoms with Crippen LogP contribution in [0.2, 0.25) is 0 Å². The molecule has 49 heavy (non-hydrogen) atoms. The van der Waals surface area contributed by atoms with Gasteiger partial charge in [-0.25, -0.2) is 0 Å². The number of hydrogen-bond donors (Lipinski definition) is 0. The molecule has 0 saturated heterocycles. The molecule has 10 rings (SSSR count). The molecule has 0 saturated carbocycles. The summed E-state index contributed by atoms with van der Waals surface area (Å²) in [5, 5.41) is 6.69. The van der Waals surface area contributed by atoms with E-state index in [1.165, 1.54) is 22.1 Å². The van der Waals surface area contributed by atoms with Crippen molar-refractivity contribution in [3.63, 3.8) is 0 Å². The molecule has 230 valence electrons. The summed E-state index contributed by atoms with van der Waals surface area (Å²) < 4.78 is 12.8. The van der Waals surface area contributed by atoms with Crippen molar-refractivity contribution < 1.29 is 8.83 Å².